The van der Waals surface area contributed by atoms with Crippen LogP contribution in [0.5, 0.6) is 0 Å². The minimum Gasteiger partial charge on any atom is -0.461 e. The molecule has 6 nitrogen and oxygen atoms in total. The zero-order chi connectivity index (χ0) is 27.4. The van der Waals surface area contributed by atoms with Gasteiger partial charge in [-0.05, 0) is 6.42 Å². The molecule has 0 amide bonds. The summed E-state index contributed by atoms with van der Waals surface area (Å²) in [6.07, 6.45) is 17.2. The van der Waals surface area contributed by atoms with E-state index in [4.69, 9.17) is 16.3 Å². The molecule has 0 aliphatic carbocycles. The molecule has 3 rings (SSSR count). The van der Waals surface area contributed by atoms with E-state index in [2.05, 4.69) is 42.9 Å². The van der Waals surface area contributed by atoms with Crippen molar-refractivity contribution < 1.29 is 9.53 Å². The average Bonchev–Trinajstić information content (AvgIpc) is 3.45. The van der Waals surface area contributed by atoms with Crippen LogP contribution in [0.15, 0.2) is 24.3 Å². The topological polar surface area (TPSA) is 72.3 Å². The lowest BCUT2D eigenvalue weighted by molar-refractivity contribution is -0.145. The summed E-state index contributed by atoms with van der Waals surface area (Å²) in [5.41, 5.74) is 3.08. The van der Waals surface area contributed by atoms with Crippen molar-refractivity contribution in [2.24, 2.45) is 0 Å². The molecule has 0 atom stereocenters. The molecule has 2 aromatic heterocycles. The molecule has 1 N–H and O–H groups in total. The van der Waals surface area contributed by atoms with Crippen LogP contribution in [0.25, 0.3) is 17.0 Å². The maximum Gasteiger partial charge on any atom is 0.306 e. The van der Waals surface area contributed by atoms with Gasteiger partial charge in [0.2, 0.25) is 0 Å². The first kappa shape index (κ1) is 30.2. The van der Waals surface area contributed by atoms with Gasteiger partial charge in [0, 0.05) is 23.0 Å². The molecular weight excluding hydrogens is 496 g/mol. The molecule has 38 heavy (non-hydrogen) atoms. The zero-order valence-corrected chi connectivity index (χ0v) is 24.7. The monoisotopic (exact) mass is 542 g/mol. The Hall–Kier alpha value is -2.34. The molecule has 0 unspecified atom stereocenters. The third-order valence-corrected chi connectivity index (χ3v) is 7.48. The minimum atomic E-state index is -0.148. The smallest absolute Gasteiger partial charge is 0.306 e. The van der Waals surface area contributed by atoms with E-state index in [0.29, 0.717) is 22.9 Å². The molecule has 210 valence electrons. The Morgan fingerprint density at radius 3 is 2.08 bits per heavy atom. The molecule has 0 saturated carbocycles. The van der Waals surface area contributed by atoms with Crippen molar-refractivity contribution in [3.05, 3.63) is 40.5 Å². The fraction of sp³-hybridized carbons (Fsp3) is 0.645. The summed E-state index contributed by atoms with van der Waals surface area (Å²) in [6.45, 7) is 8.75. The van der Waals surface area contributed by atoms with Crippen LogP contribution in [0, 0.1) is 0 Å². The summed E-state index contributed by atoms with van der Waals surface area (Å²) in [7, 11) is 0. The second-order valence-electron chi connectivity index (χ2n) is 11.5. The van der Waals surface area contributed by atoms with E-state index < -0.39 is 0 Å². The van der Waals surface area contributed by atoms with E-state index in [9.17, 15) is 4.79 Å². The summed E-state index contributed by atoms with van der Waals surface area (Å²) in [5, 5.41) is 8.44. The number of benzene rings is 1. The van der Waals surface area contributed by atoms with E-state index in [1.54, 1.807) is 4.63 Å². The lowest BCUT2D eigenvalue weighted by atomic mass is 9.92. The Labute approximate surface area is 233 Å². The first-order chi connectivity index (χ1) is 18.3. The van der Waals surface area contributed by atoms with E-state index in [-0.39, 0.29) is 18.0 Å². The normalized spacial score (nSPS) is 11.9. The molecule has 0 bridgehead atoms. The van der Waals surface area contributed by atoms with Crippen LogP contribution in [0.2, 0.25) is 5.02 Å². The van der Waals surface area contributed by atoms with Gasteiger partial charge >= 0.3 is 5.97 Å². The van der Waals surface area contributed by atoms with Gasteiger partial charge in [-0.1, -0.05) is 141 Å². The number of nitrogens with zero attached hydrogens (tertiary/aromatic N) is 3. The molecule has 0 spiro atoms. The van der Waals surface area contributed by atoms with Crippen LogP contribution in [-0.4, -0.2) is 25.8 Å². The van der Waals surface area contributed by atoms with Crippen molar-refractivity contribution in [2.45, 2.75) is 130 Å². The number of carbonyl (C=O) groups is 1. The molecule has 2 heterocycles. The highest BCUT2D eigenvalue weighted by molar-refractivity contribution is 6.34. The lowest BCUT2D eigenvalue weighted by Gasteiger charge is -2.16. The van der Waals surface area contributed by atoms with E-state index in [1.165, 1.54) is 70.6 Å². The average molecular weight is 543 g/mol. The van der Waals surface area contributed by atoms with Gasteiger partial charge in [0.05, 0.1) is 5.69 Å². The minimum absolute atomic E-state index is 0.140. The van der Waals surface area contributed by atoms with Crippen molar-refractivity contribution in [1.29, 1.82) is 0 Å². The largest absolute Gasteiger partial charge is 0.461 e. The number of ether oxygens (including phenoxy) is 1. The molecule has 0 fully saturated rings. The van der Waals surface area contributed by atoms with Crippen molar-refractivity contribution in [3.63, 3.8) is 0 Å². The molecule has 0 aliphatic heterocycles. The number of unbranched alkanes of at least 4 members (excludes halogenated alkanes) is 12. The second-order valence-corrected chi connectivity index (χ2v) is 11.9. The number of carbonyl (C=O) groups excluding carboxylic acids is 1. The Kier molecular flexibility index (Phi) is 12.2. The van der Waals surface area contributed by atoms with Gasteiger partial charge in [0.1, 0.15) is 11.6 Å². The Morgan fingerprint density at radius 1 is 0.921 bits per heavy atom. The van der Waals surface area contributed by atoms with Crippen molar-refractivity contribution in [1.82, 2.24) is 19.8 Å². The number of esters is 1. The third-order valence-electron chi connectivity index (χ3n) is 7.12. The quantitative estimate of drug-likeness (QED) is 0.136. The lowest BCUT2D eigenvalue weighted by Crippen LogP contribution is -2.13. The van der Waals surface area contributed by atoms with Crippen molar-refractivity contribution in [2.75, 3.05) is 0 Å². The number of fused-ring (bicyclic) bond motifs is 1. The molecular formula is C31H47ClN4O2. The molecule has 7 heteroatoms. The highest BCUT2D eigenvalue weighted by Gasteiger charge is 2.24. The molecule has 0 radical (unpaired) electrons. The van der Waals surface area contributed by atoms with E-state index in [1.807, 2.05) is 24.3 Å². The zero-order valence-electron chi connectivity index (χ0n) is 24.0. The van der Waals surface area contributed by atoms with Gasteiger partial charge in [-0.2, -0.15) is 4.63 Å². The van der Waals surface area contributed by atoms with Crippen molar-refractivity contribution in [3.8, 4) is 11.4 Å². The van der Waals surface area contributed by atoms with Gasteiger partial charge in [-0.3, -0.25) is 9.89 Å². The first-order valence-electron chi connectivity index (χ1n) is 14.7. The fourth-order valence-electron chi connectivity index (χ4n) is 4.79. The Bertz CT molecular complexity index is 1130. The number of nitrogens with one attached hydrogen (secondary N) is 1. The van der Waals surface area contributed by atoms with Crippen LogP contribution in [-0.2, 0) is 21.6 Å². The molecule has 0 aliphatic rings. The van der Waals surface area contributed by atoms with Crippen LogP contribution >= 0.6 is 11.6 Å². The summed E-state index contributed by atoms with van der Waals surface area (Å²) in [4.78, 5) is 17.0. The van der Waals surface area contributed by atoms with Gasteiger partial charge in [0.25, 0.3) is 0 Å². The van der Waals surface area contributed by atoms with Gasteiger partial charge < -0.3 is 4.74 Å². The molecule has 0 saturated heterocycles. The number of rotatable bonds is 17. The summed E-state index contributed by atoms with van der Waals surface area (Å²) < 4.78 is 7.23. The summed E-state index contributed by atoms with van der Waals surface area (Å²) in [6, 6.07) is 7.77. The van der Waals surface area contributed by atoms with Crippen LogP contribution in [0.1, 0.15) is 129 Å². The maximum atomic E-state index is 12.4. The van der Waals surface area contributed by atoms with Crippen LogP contribution in [0.3, 0.4) is 0 Å². The van der Waals surface area contributed by atoms with E-state index in [0.717, 1.165) is 29.7 Å². The Balaban J connectivity index is 1.36. The predicted octanol–water partition coefficient (Wildman–Crippen LogP) is 9.20. The standard InChI is InChI=1S/C31H47ClN4O2/c1-5-6-7-8-9-10-11-12-13-14-15-16-17-22-26(37)38-23-24-20-18-19-21-25(24)29-33-30-27(32)28(31(2,3)4)34-36(30)35-29/h18-21,34H,5-17,22-23H2,1-4H3. The van der Waals surface area contributed by atoms with Crippen molar-refractivity contribution >= 4 is 23.2 Å². The molecule has 1 aromatic carbocycles. The molecule has 3 aromatic rings. The number of hydrogen-bond donors (Lipinski definition) is 1. The van der Waals surface area contributed by atoms with Crippen LogP contribution < -0.4 is 0 Å². The first-order valence-corrected chi connectivity index (χ1v) is 15.1. The van der Waals surface area contributed by atoms with E-state index >= 15 is 0 Å². The number of aromatic amines is 1. The number of aromatic nitrogens is 4. The van der Waals surface area contributed by atoms with Gasteiger partial charge in [0.15, 0.2) is 11.5 Å². The summed E-state index contributed by atoms with van der Waals surface area (Å²) >= 11 is 6.59. The SMILES string of the molecule is CCCCCCCCCCCCCCCC(=O)OCc1ccccc1-c1nc2c(Cl)c(C(C)(C)C)[nH]n2n1. The number of hydrogen-bond acceptors (Lipinski definition) is 4. The number of H-pyrrole nitrogens is 1. The second kappa shape index (κ2) is 15.3. The number of halogens is 1. The Morgan fingerprint density at radius 2 is 1.50 bits per heavy atom. The predicted molar refractivity (Wildman–Crippen MR) is 157 cm³/mol. The maximum absolute atomic E-state index is 12.4. The highest BCUT2D eigenvalue weighted by atomic mass is 35.5. The van der Waals surface area contributed by atoms with Crippen LogP contribution in [0.4, 0.5) is 0 Å². The summed E-state index contributed by atoms with van der Waals surface area (Å²) in [5.74, 6) is 0.410. The highest BCUT2D eigenvalue weighted by Crippen LogP contribution is 2.32. The van der Waals surface area contributed by atoms with Gasteiger partial charge in [-0.15, -0.1) is 5.10 Å². The fourth-order valence-corrected chi connectivity index (χ4v) is 5.24. The van der Waals surface area contributed by atoms with Gasteiger partial charge in [-0.25, -0.2) is 4.98 Å². The third kappa shape index (κ3) is 9.14.